The van der Waals surface area contributed by atoms with E-state index in [0.29, 0.717) is 0 Å². The molecule has 0 heterocycles. The van der Waals surface area contributed by atoms with Crippen molar-refractivity contribution in [1.29, 1.82) is 0 Å². The molecule has 0 unspecified atom stereocenters. The maximum atomic E-state index is 11.9. The Bertz CT molecular complexity index is 718. The molecule has 120 valence electrons. The van der Waals surface area contributed by atoms with Gasteiger partial charge in [-0.1, -0.05) is 41.9 Å². The van der Waals surface area contributed by atoms with Gasteiger partial charge in [-0.25, -0.2) is 9.59 Å². The molecule has 0 bridgehead atoms. The normalized spacial score (nSPS) is 10.0. The number of amides is 1. The zero-order valence-electron chi connectivity index (χ0n) is 12.2. The quantitative estimate of drug-likeness (QED) is 0.868. The van der Waals surface area contributed by atoms with E-state index in [2.05, 4.69) is 5.32 Å². The fourth-order valence-corrected chi connectivity index (χ4v) is 2.11. The Hall–Kier alpha value is -2.73. The van der Waals surface area contributed by atoms with Gasteiger partial charge in [0.05, 0.1) is 23.4 Å². The summed E-state index contributed by atoms with van der Waals surface area (Å²) in [6, 6.07) is 11.8. The first-order valence-corrected chi connectivity index (χ1v) is 6.97. The smallest absolute Gasteiger partial charge is 0.412 e. The fourth-order valence-electron chi connectivity index (χ4n) is 1.86. The molecule has 2 aromatic rings. The average Bonchev–Trinajstić information content (AvgIpc) is 2.55. The molecule has 0 aromatic heterocycles. The van der Waals surface area contributed by atoms with Gasteiger partial charge in [0, 0.05) is 6.07 Å². The third kappa shape index (κ3) is 4.37. The zero-order valence-corrected chi connectivity index (χ0v) is 13.0. The molecule has 0 aliphatic heterocycles. The topological polar surface area (TPSA) is 84.9 Å². The predicted molar refractivity (Wildman–Crippen MR) is 85.2 cm³/mol. The van der Waals surface area contributed by atoms with Crippen molar-refractivity contribution >= 4 is 29.4 Å². The number of carboxylic acid groups (broad SMARTS) is 1. The molecule has 6 nitrogen and oxygen atoms in total. The molecule has 0 saturated carbocycles. The van der Waals surface area contributed by atoms with Gasteiger partial charge in [-0.05, 0) is 11.6 Å². The monoisotopic (exact) mass is 335 g/mol. The van der Waals surface area contributed by atoms with Gasteiger partial charge in [-0.3, -0.25) is 5.32 Å². The van der Waals surface area contributed by atoms with Crippen LogP contribution < -0.4 is 10.1 Å². The Morgan fingerprint density at radius 2 is 1.91 bits per heavy atom. The lowest BCUT2D eigenvalue weighted by atomic mass is 10.1. The molecule has 2 aromatic carbocycles. The highest BCUT2D eigenvalue weighted by atomic mass is 35.5. The van der Waals surface area contributed by atoms with Crippen LogP contribution in [0.5, 0.6) is 5.75 Å². The van der Waals surface area contributed by atoms with E-state index in [4.69, 9.17) is 21.1 Å². The number of carbonyl (C=O) groups excluding carboxylic acids is 1. The highest BCUT2D eigenvalue weighted by molar-refractivity contribution is 6.34. The molecule has 0 atom stereocenters. The Morgan fingerprint density at radius 3 is 2.52 bits per heavy atom. The molecule has 23 heavy (non-hydrogen) atoms. The minimum absolute atomic E-state index is 0.0402. The average molecular weight is 336 g/mol. The van der Waals surface area contributed by atoms with Crippen LogP contribution in [0.15, 0.2) is 42.5 Å². The Balaban J connectivity index is 2.12. The summed E-state index contributed by atoms with van der Waals surface area (Å²) in [6.45, 7) is 0.0584. The Morgan fingerprint density at radius 1 is 1.22 bits per heavy atom. The van der Waals surface area contributed by atoms with E-state index >= 15 is 0 Å². The largest absolute Gasteiger partial charge is 0.497 e. The minimum atomic E-state index is -1.25. The van der Waals surface area contributed by atoms with Crippen LogP contribution in [0.25, 0.3) is 0 Å². The van der Waals surface area contributed by atoms with E-state index < -0.39 is 12.1 Å². The third-order valence-corrected chi connectivity index (χ3v) is 3.27. The number of hydrogen-bond acceptors (Lipinski definition) is 4. The third-order valence-electron chi connectivity index (χ3n) is 2.97. The molecular weight excluding hydrogens is 322 g/mol. The van der Waals surface area contributed by atoms with Crippen molar-refractivity contribution in [3.05, 3.63) is 58.6 Å². The maximum Gasteiger partial charge on any atom is 0.412 e. The summed E-state index contributed by atoms with van der Waals surface area (Å²) in [4.78, 5) is 23.1. The van der Waals surface area contributed by atoms with Gasteiger partial charge >= 0.3 is 12.1 Å². The van der Waals surface area contributed by atoms with Crippen molar-refractivity contribution in [2.24, 2.45) is 0 Å². The molecule has 7 heteroatoms. The molecule has 1 amide bonds. The molecule has 2 rings (SSSR count). The summed E-state index contributed by atoms with van der Waals surface area (Å²) in [5, 5.41) is 11.6. The number of hydrogen-bond donors (Lipinski definition) is 2. The van der Waals surface area contributed by atoms with Crippen LogP contribution in [-0.2, 0) is 11.3 Å². The van der Waals surface area contributed by atoms with Crippen LogP contribution in [0.1, 0.15) is 15.9 Å². The fraction of sp³-hybridized carbons (Fsp3) is 0.125. The first-order chi connectivity index (χ1) is 11.0. The van der Waals surface area contributed by atoms with E-state index in [1.807, 2.05) is 18.2 Å². The van der Waals surface area contributed by atoms with E-state index in [1.54, 1.807) is 12.1 Å². The number of nitrogens with one attached hydrogen (secondary N) is 1. The van der Waals surface area contributed by atoms with Crippen LogP contribution >= 0.6 is 11.6 Å². The van der Waals surface area contributed by atoms with Gasteiger partial charge in [0.25, 0.3) is 0 Å². The summed E-state index contributed by atoms with van der Waals surface area (Å²) < 4.78 is 10.0. The van der Waals surface area contributed by atoms with Gasteiger partial charge in [-0.15, -0.1) is 0 Å². The number of ether oxygens (including phenoxy) is 2. The number of methoxy groups -OCH3 is 1. The number of halogens is 1. The first kappa shape index (κ1) is 16.6. The minimum Gasteiger partial charge on any atom is -0.497 e. The summed E-state index contributed by atoms with van der Waals surface area (Å²) in [5.41, 5.74) is 0.575. The van der Waals surface area contributed by atoms with Gasteiger partial charge in [0.1, 0.15) is 12.4 Å². The highest BCUT2D eigenvalue weighted by Crippen LogP contribution is 2.31. The van der Waals surface area contributed by atoms with Crippen LogP contribution in [0.2, 0.25) is 5.02 Å². The number of anilines is 1. The van der Waals surface area contributed by atoms with Crippen molar-refractivity contribution in [3.63, 3.8) is 0 Å². The lowest BCUT2D eigenvalue weighted by Gasteiger charge is -2.12. The molecule has 2 N–H and O–H groups in total. The SMILES string of the molecule is COc1cc(Cl)c(NC(=O)OCc2ccccc2)c(C(=O)O)c1. The molecule has 0 saturated heterocycles. The number of aromatic carboxylic acids is 1. The van der Waals surface area contributed by atoms with Gasteiger partial charge in [0.15, 0.2) is 0 Å². The molecule has 0 spiro atoms. The number of benzene rings is 2. The molecule has 0 aliphatic rings. The molecule has 0 radical (unpaired) electrons. The summed E-state index contributed by atoms with van der Waals surface area (Å²) in [5.74, 6) is -0.972. The van der Waals surface area contributed by atoms with Crippen molar-refractivity contribution in [2.45, 2.75) is 6.61 Å². The molecular formula is C16H14ClNO5. The first-order valence-electron chi connectivity index (χ1n) is 6.59. The summed E-state index contributed by atoms with van der Waals surface area (Å²) in [6.07, 6.45) is -0.802. The summed E-state index contributed by atoms with van der Waals surface area (Å²) >= 11 is 6.01. The maximum absolute atomic E-state index is 11.9. The predicted octanol–water partition coefficient (Wildman–Crippen LogP) is 3.80. The second kappa shape index (κ2) is 7.51. The van der Waals surface area contributed by atoms with Crippen molar-refractivity contribution in [1.82, 2.24) is 0 Å². The Labute approximate surface area is 137 Å². The number of carboxylic acids is 1. The zero-order chi connectivity index (χ0) is 16.8. The van der Waals surface area contributed by atoms with Crippen molar-refractivity contribution in [2.75, 3.05) is 12.4 Å². The van der Waals surface area contributed by atoms with Crippen LogP contribution in [0.4, 0.5) is 10.5 Å². The van der Waals surface area contributed by atoms with Crippen LogP contribution in [0, 0.1) is 0 Å². The number of carbonyl (C=O) groups is 2. The molecule has 0 aliphatic carbocycles. The van der Waals surface area contributed by atoms with Gasteiger partial charge in [0.2, 0.25) is 0 Å². The van der Waals surface area contributed by atoms with Crippen molar-refractivity contribution in [3.8, 4) is 5.75 Å². The van der Waals surface area contributed by atoms with E-state index in [-0.39, 0.29) is 28.6 Å². The standard InChI is InChI=1S/C16H14ClNO5/c1-22-11-7-12(15(19)20)14(13(17)8-11)18-16(21)23-9-10-5-3-2-4-6-10/h2-8H,9H2,1H3,(H,18,21)(H,19,20). The van der Waals surface area contributed by atoms with E-state index in [9.17, 15) is 14.7 Å². The Kier molecular flexibility index (Phi) is 5.43. The second-order valence-corrected chi connectivity index (χ2v) is 4.93. The summed E-state index contributed by atoms with van der Waals surface area (Å²) in [7, 11) is 1.39. The number of rotatable bonds is 5. The van der Waals surface area contributed by atoms with E-state index in [1.165, 1.54) is 19.2 Å². The van der Waals surface area contributed by atoms with E-state index in [0.717, 1.165) is 5.56 Å². The van der Waals surface area contributed by atoms with Gasteiger partial charge in [-0.2, -0.15) is 0 Å². The lowest BCUT2D eigenvalue weighted by Crippen LogP contribution is -2.16. The second-order valence-electron chi connectivity index (χ2n) is 4.52. The van der Waals surface area contributed by atoms with Crippen LogP contribution in [-0.4, -0.2) is 24.3 Å². The molecule has 0 fully saturated rings. The lowest BCUT2D eigenvalue weighted by molar-refractivity contribution is 0.0697. The highest BCUT2D eigenvalue weighted by Gasteiger charge is 2.18. The van der Waals surface area contributed by atoms with Crippen LogP contribution in [0.3, 0.4) is 0 Å². The van der Waals surface area contributed by atoms with Gasteiger partial charge < -0.3 is 14.6 Å². The van der Waals surface area contributed by atoms with Crippen molar-refractivity contribution < 1.29 is 24.2 Å².